The van der Waals surface area contributed by atoms with E-state index in [0.29, 0.717) is 17.1 Å². The van der Waals surface area contributed by atoms with Crippen LogP contribution in [0.5, 0.6) is 0 Å². The van der Waals surface area contributed by atoms with Crippen LogP contribution in [0.2, 0.25) is 0 Å². The van der Waals surface area contributed by atoms with Crippen LogP contribution < -0.4 is 10.6 Å². The van der Waals surface area contributed by atoms with Crippen LogP contribution in [0.1, 0.15) is 16.8 Å². The van der Waals surface area contributed by atoms with Crippen molar-refractivity contribution in [1.29, 1.82) is 0 Å². The Morgan fingerprint density at radius 3 is 2.77 bits per heavy atom. The summed E-state index contributed by atoms with van der Waals surface area (Å²) in [5.41, 5.74) is 2.04. The zero-order valence-electron chi connectivity index (χ0n) is 15.1. The molecule has 0 bridgehead atoms. The van der Waals surface area contributed by atoms with Gasteiger partial charge in [0.25, 0.3) is 5.91 Å². The Balaban J connectivity index is 1.69. The third kappa shape index (κ3) is 4.55. The fourth-order valence-corrected chi connectivity index (χ4v) is 2.68. The van der Waals surface area contributed by atoms with Crippen LogP contribution in [0.3, 0.4) is 0 Å². The molecule has 0 saturated heterocycles. The predicted molar refractivity (Wildman–Crippen MR) is 106 cm³/mol. The van der Waals surface area contributed by atoms with Gasteiger partial charge in [0.05, 0.1) is 11.2 Å². The fraction of sp³-hybridized carbons (Fsp3) is 0.250. The van der Waals surface area contributed by atoms with Crippen LogP contribution in [0.25, 0.3) is 10.9 Å². The van der Waals surface area contributed by atoms with Crippen molar-refractivity contribution in [1.82, 2.24) is 14.9 Å². The van der Waals surface area contributed by atoms with Crippen molar-refractivity contribution in [2.24, 2.45) is 0 Å². The normalized spacial score (nSPS) is 10.9. The first kappa shape index (κ1) is 17.8. The summed E-state index contributed by atoms with van der Waals surface area (Å²) in [5, 5.41) is 7.19. The second-order valence-electron chi connectivity index (χ2n) is 6.35. The standard InChI is InChI=1S/C20H23N5O/c1-25(2)13-5-11-21-18-14-16(9-12-22-18)20(26)24-17-8-3-6-15-7-4-10-23-19(15)17/h3-4,6-10,12,14H,5,11,13H2,1-2H3,(H,21,22)(H,24,26). The van der Waals surface area contributed by atoms with Gasteiger partial charge in [-0.3, -0.25) is 9.78 Å². The predicted octanol–water partition coefficient (Wildman–Crippen LogP) is 3.25. The number of carbonyl (C=O) groups excluding carboxylic acids is 1. The van der Waals surface area contributed by atoms with Crippen LogP contribution in [0.15, 0.2) is 54.9 Å². The first-order valence-electron chi connectivity index (χ1n) is 8.63. The zero-order valence-corrected chi connectivity index (χ0v) is 15.1. The molecule has 1 aromatic carbocycles. The van der Waals surface area contributed by atoms with Gasteiger partial charge in [-0.05, 0) is 51.3 Å². The van der Waals surface area contributed by atoms with E-state index in [1.165, 1.54) is 0 Å². The molecule has 0 radical (unpaired) electrons. The second kappa shape index (κ2) is 8.40. The van der Waals surface area contributed by atoms with E-state index in [9.17, 15) is 4.79 Å². The van der Waals surface area contributed by atoms with Crippen LogP contribution in [0, 0.1) is 0 Å². The smallest absolute Gasteiger partial charge is 0.255 e. The largest absolute Gasteiger partial charge is 0.370 e. The summed E-state index contributed by atoms with van der Waals surface area (Å²) in [4.78, 5) is 23.4. The minimum atomic E-state index is -0.179. The van der Waals surface area contributed by atoms with Crippen LogP contribution in [-0.2, 0) is 0 Å². The number of fused-ring (bicyclic) bond motifs is 1. The van der Waals surface area contributed by atoms with Gasteiger partial charge >= 0.3 is 0 Å². The van der Waals surface area contributed by atoms with Crippen LogP contribution in [0.4, 0.5) is 11.5 Å². The Bertz CT molecular complexity index is 889. The quantitative estimate of drug-likeness (QED) is 0.641. The number of nitrogens with zero attached hydrogens (tertiary/aromatic N) is 3. The molecule has 26 heavy (non-hydrogen) atoms. The van der Waals surface area contributed by atoms with Crippen molar-refractivity contribution in [2.75, 3.05) is 37.8 Å². The third-order valence-corrected chi connectivity index (χ3v) is 3.99. The van der Waals surface area contributed by atoms with Gasteiger partial charge in [-0.15, -0.1) is 0 Å². The van der Waals surface area contributed by atoms with Crippen molar-refractivity contribution >= 4 is 28.3 Å². The van der Waals surface area contributed by atoms with E-state index in [0.717, 1.165) is 30.4 Å². The monoisotopic (exact) mass is 349 g/mol. The number of para-hydroxylation sites is 1. The maximum absolute atomic E-state index is 12.6. The Morgan fingerprint density at radius 2 is 1.92 bits per heavy atom. The molecule has 0 fully saturated rings. The molecular formula is C20H23N5O. The van der Waals surface area contributed by atoms with Gasteiger partial charge in [0, 0.05) is 29.9 Å². The van der Waals surface area contributed by atoms with Crippen molar-refractivity contribution in [3.63, 3.8) is 0 Å². The van der Waals surface area contributed by atoms with E-state index >= 15 is 0 Å². The summed E-state index contributed by atoms with van der Waals surface area (Å²) in [6, 6.07) is 13.1. The molecule has 0 saturated carbocycles. The van der Waals surface area contributed by atoms with Crippen LogP contribution in [-0.4, -0.2) is 48.0 Å². The van der Waals surface area contributed by atoms with Crippen molar-refractivity contribution in [2.45, 2.75) is 6.42 Å². The molecule has 0 aliphatic rings. The lowest BCUT2D eigenvalue weighted by atomic mass is 10.1. The number of amides is 1. The molecule has 3 aromatic rings. The van der Waals surface area contributed by atoms with E-state index in [4.69, 9.17) is 0 Å². The molecule has 2 aromatic heterocycles. The van der Waals surface area contributed by atoms with Crippen molar-refractivity contribution in [3.8, 4) is 0 Å². The molecule has 2 heterocycles. The number of benzene rings is 1. The number of aromatic nitrogens is 2. The highest BCUT2D eigenvalue weighted by molar-refractivity contribution is 6.08. The highest BCUT2D eigenvalue weighted by Gasteiger charge is 2.10. The molecule has 3 rings (SSSR count). The van der Waals surface area contributed by atoms with E-state index in [2.05, 4.69) is 25.5 Å². The van der Waals surface area contributed by atoms with Crippen molar-refractivity contribution in [3.05, 3.63) is 60.4 Å². The van der Waals surface area contributed by atoms with Gasteiger partial charge < -0.3 is 15.5 Å². The maximum Gasteiger partial charge on any atom is 0.255 e. The molecule has 134 valence electrons. The van der Waals surface area contributed by atoms with Gasteiger partial charge in [0.15, 0.2) is 0 Å². The lowest BCUT2D eigenvalue weighted by Gasteiger charge is -2.11. The minimum Gasteiger partial charge on any atom is -0.370 e. The second-order valence-corrected chi connectivity index (χ2v) is 6.35. The number of anilines is 2. The highest BCUT2D eigenvalue weighted by Crippen LogP contribution is 2.21. The number of carbonyl (C=O) groups is 1. The molecule has 0 atom stereocenters. The number of hydrogen-bond acceptors (Lipinski definition) is 5. The molecular weight excluding hydrogens is 326 g/mol. The Morgan fingerprint density at radius 1 is 1.08 bits per heavy atom. The number of hydrogen-bond donors (Lipinski definition) is 2. The Hall–Kier alpha value is -2.99. The summed E-state index contributed by atoms with van der Waals surface area (Å²) < 4.78 is 0. The van der Waals surface area contributed by atoms with Gasteiger partial charge in [-0.2, -0.15) is 0 Å². The van der Waals surface area contributed by atoms with E-state index in [1.807, 2.05) is 44.4 Å². The summed E-state index contributed by atoms with van der Waals surface area (Å²) >= 11 is 0. The fourth-order valence-electron chi connectivity index (χ4n) is 2.68. The summed E-state index contributed by atoms with van der Waals surface area (Å²) in [5.74, 6) is 0.523. The molecule has 6 nitrogen and oxygen atoms in total. The number of pyridine rings is 2. The summed E-state index contributed by atoms with van der Waals surface area (Å²) in [6.45, 7) is 1.81. The Kier molecular flexibility index (Phi) is 5.76. The topological polar surface area (TPSA) is 70.2 Å². The number of nitrogens with one attached hydrogen (secondary N) is 2. The SMILES string of the molecule is CN(C)CCCNc1cc(C(=O)Nc2cccc3cccnc23)ccn1. The van der Waals surface area contributed by atoms with E-state index in [-0.39, 0.29) is 5.91 Å². The number of rotatable bonds is 7. The summed E-state index contributed by atoms with van der Waals surface area (Å²) in [7, 11) is 4.09. The molecule has 1 amide bonds. The molecule has 6 heteroatoms. The lowest BCUT2D eigenvalue weighted by Crippen LogP contribution is -2.17. The highest BCUT2D eigenvalue weighted by atomic mass is 16.1. The molecule has 0 aliphatic carbocycles. The van der Waals surface area contributed by atoms with Crippen molar-refractivity contribution < 1.29 is 4.79 Å². The first-order chi connectivity index (χ1) is 12.6. The van der Waals surface area contributed by atoms with Gasteiger partial charge in [0.2, 0.25) is 0 Å². The average molecular weight is 349 g/mol. The lowest BCUT2D eigenvalue weighted by molar-refractivity contribution is 0.102. The van der Waals surface area contributed by atoms with E-state index < -0.39 is 0 Å². The first-order valence-corrected chi connectivity index (χ1v) is 8.63. The molecule has 0 spiro atoms. The maximum atomic E-state index is 12.6. The van der Waals surface area contributed by atoms with Gasteiger partial charge in [0.1, 0.15) is 5.82 Å². The molecule has 2 N–H and O–H groups in total. The van der Waals surface area contributed by atoms with Gasteiger partial charge in [-0.25, -0.2) is 4.98 Å². The molecule has 0 aliphatic heterocycles. The van der Waals surface area contributed by atoms with E-state index in [1.54, 1.807) is 24.5 Å². The minimum absolute atomic E-state index is 0.179. The van der Waals surface area contributed by atoms with Crippen LogP contribution >= 0.6 is 0 Å². The molecule has 0 unspecified atom stereocenters. The van der Waals surface area contributed by atoms with Gasteiger partial charge in [-0.1, -0.05) is 18.2 Å². The third-order valence-electron chi connectivity index (χ3n) is 3.99. The zero-order chi connectivity index (χ0) is 18.4. The average Bonchev–Trinajstić information content (AvgIpc) is 2.66. The summed E-state index contributed by atoms with van der Waals surface area (Å²) in [6.07, 6.45) is 4.37. The Labute approximate surface area is 153 Å².